The molecule has 1 fully saturated rings. The summed E-state index contributed by atoms with van der Waals surface area (Å²) in [6, 6.07) is 13.1. The maximum atomic E-state index is 12.8. The van der Waals surface area contributed by atoms with Gasteiger partial charge in [0.15, 0.2) is 0 Å². The lowest BCUT2D eigenvalue weighted by atomic mass is 10.2. The number of hydrogen-bond donors (Lipinski definition) is 1. The van der Waals surface area contributed by atoms with Gasteiger partial charge in [-0.05, 0) is 37.4 Å². The van der Waals surface area contributed by atoms with Crippen molar-refractivity contribution >= 4 is 17.4 Å². The number of anilines is 2. The molecule has 1 aliphatic rings. The van der Waals surface area contributed by atoms with Gasteiger partial charge in [-0.3, -0.25) is 4.79 Å². The van der Waals surface area contributed by atoms with E-state index in [-0.39, 0.29) is 5.91 Å². The summed E-state index contributed by atoms with van der Waals surface area (Å²) in [5.74, 6) is 0.684. The van der Waals surface area contributed by atoms with Crippen LogP contribution in [0.15, 0.2) is 61.1 Å². The van der Waals surface area contributed by atoms with Gasteiger partial charge in [-0.2, -0.15) is 5.10 Å². The highest BCUT2D eigenvalue weighted by atomic mass is 16.1. The minimum Gasteiger partial charge on any atom is -0.354 e. The summed E-state index contributed by atoms with van der Waals surface area (Å²) in [5.41, 5.74) is 2.13. The number of para-hydroxylation sites is 2. The molecule has 7 heteroatoms. The fourth-order valence-electron chi connectivity index (χ4n) is 3.15. The lowest BCUT2D eigenvalue weighted by Crippen LogP contribution is -2.44. The van der Waals surface area contributed by atoms with Crippen molar-refractivity contribution in [3.05, 3.63) is 66.6 Å². The van der Waals surface area contributed by atoms with Crippen LogP contribution < -0.4 is 10.2 Å². The van der Waals surface area contributed by atoms with Gasteiger partial charge in [-0.25, -0.2) is 9.67 Å². The van der Waals surface area contributed by atoms with Gasteiger partial charge in [0.2, 0.25) is 0 Å². The number of aromatic nitrogens is 3. The van der Waals surface area contributed by atoms with E-state index < -0.39 is 0 Å². The van der Waals surface area contributed by atoms with Crippen molar-refractivity contribution in [2.45, 2.75) is 0 Å². The van der Waals surface area contributed by atoms with Crippen molar-refractivity contribution in [2.75, 3.05) is 43.4 Å². The Morgan fingerprint density at radius 3 is 2.63 bits per heavy atom. The third-order valence-corrected chi connectivity index (χ3v) is 4.74. The van der Waals surface area contributed by atoms with Crippen LogP contribution in [0.4, 0.5) is 11.5 Å². The van der Waals surface area contributed by atoms with Gasteiger partial charge in [-0.1, -0.05) is 12.1 Å². The molecule has 1 N–H and O–H groups in total. The number of benzene rings is 1. The van der Waals surface area contributed by atoms with Gasteiger partial charge in [-0.15, -0.1) is 0 Å². The smallest absolute Gasteiger partial charge is 0.255 e. The van der Waals surface area contributed by atoms with Crippen molar-refractivity contribution in [2.24, 2.45) is 0 Å². The minimum absolute atomic E-state index is 0.160. The minimum atomic E-state index is -0.160. The van der Waals surface area contributed by atoms with Crippen molar-refractivity contribution in [1.82, 2.24) is 19.7 Å². The molecule has 1 saturated heterocycles. The third-order valence-electron chi connectivity index (χ3n) is 4.74. The second-order valence-corrected chi connectivity index (χ2v) is 6.61. The van der Waals surface area contributed by atoms with Gasteiger partial charge < -0.3 is 15.1 Å². The summed E-state index contributed by atoms with van der Waals surface area (Å²) >= 11 is 0. The van der Waals surface area contributed by atoms with Crippen molar-refractivity contribution in [3.8, 4) is 5.69 Å². The average Bonchev–Trinajstić information content (AvgIpc) is 3.24. The van der Waals surface area contributed by atoms with E-state index in [0.29, 0.717) is 11.3 Å². The number of carbonyl (C=O) groups is 1. The molecular weight excluding hydrogens is 340 g/mol. The standard InChI is InChI=1S/C20H22N6O/c1-24-11-13-25(14-12-24)19-15-16(7-9-21-19)20(27)23-17-5-2-3-6-18(17)26-10-4-8-22-26/h2-10,15H,11-14H2,1H3,(H,23,27). The van der Waals surface area contributed by atoms with E-state index in [1.165, 1.54) is 0 Å². The number of rotatable bonds is 4. The molecule has 0 aliphatic carbocycles. The summed E-state index contributed by atoms with van der Waals surface area (Å²) in [7, 11) is 2.12. The predicted molar refractivity (Wildman–Crippen MR) is 105 cm³/mol. The lowest BCUT2D eigenvalue weighted by molar-refractivity contribution is 0.102. The Hall–Kier alpha value is -3.19. The van der Waals surface area contributed by atoms with Crippen LogP contribution in [0.3, 0.4) is 0 Å². The number of nitrogens with zero attached hydrogens (tertiary/aromatic N) is 5. The summed E-state index contributed by atoms with van der Waals surface area (Å²) < 4.78 is 1.73. The van der Waals surface area contributed by atoms with E-state index in [4.69, 9.17) is 0 Å². The maximum absolute atomic E-state index is 12.8. The molecule has 1 amide bonds. The highest BCUT2D eigenvalue weighted by molar-refractivity contribution is 6.05. The van der Waals surface area contributed by atoms with Crippen molar-refractivity contribution < 1.29 is 4.79 Å². The number of hydrogen-bond acceptors (Lipinski definition) is 5. The normalized spacial score (nSPS) is 14.9. The van der Waals surface area contributed by atoms with E-state index in [1.54, 1.807) is 23.1 Å². The molecule has 2 aromatic heterocycles. The van der Waals surface area contributed by atoms with E-state index in [2.05, 4.69) is 32.2 Å². The van der Waals surface area contributed by atoms with Crippen molar-refractivity contribution in [3.63, 3.8) is 0 Å². The largest absolute Gasteiger partial charge is 0.354 e. The first-order chi connectivity index (χ1) is 13.2. The summed E-state index contributed by atoms with van der Waals surface area (Å²) in [6.45, 7) is 3.82. The van der Waals surface area contributed by atoms with Crippen molar-refractivity contribution in [1.29, 1.82) is 0 Å². The Kier molecular flexibility index (Phi) is 4.84. The van der Waals surface area contributed by atoms with Gasteiger partial charge in [0.1, 0.15) is 5.82 Å². The quantitative estimate of drug-likeness (QED) is 0.771. The molecule has 27 heavy (non-hydrogen) atoms. The number of nitrogens with one attached hydrogen (secondary N) is 1. The molecular formula is C20H22N6O. The van der Waals surface area contributed by atoms with Gasteiger partial charge >= 0.3 is 0 Å². The zero-order valence-electron chi connectivity index (χ0n) is 15.2. The second-order valence-electron chi connectivity index (χ2n) is 6.61. The van der Waals surface area contributed by atoms with Crippen LogP contribution in [0.5, 0.6) is 0 Å². The van der Waals surface area contributed by atoms with Crippen LogP contribution in [-0.4, -0.2) is 58.8 Å². The molecule has 138 valence electrons. The van der Waals surface area contributed by atoms with E-state index in [0.717, 1.165) is 37.7 Å². The molecule has 1 aromatic carbocycles. The molecule has 7 nitrogen and oxygen atoms in total. The number of piperazine rings is 1. The van der Waals surface area contributed by atoms with E-state index >= 15 is 0 Å². The van der Waals surface area contributed by atoms with Crippen LogP contribution >= 0.6 is 0 Å². The molecule has 0 saturated carbocycles. The second kappa shape index (κ2) is 7.59. The number of likely N-dealkylation sites (N-methyl/N-ethyl adjacent to an activating group) is 1. The van der Waals surface area contributed by atoms with Crippen LogP contribution in [0.1, 0.15) is 10.4 Å². The summed E-state index contributed by atoms with van der Waals surface area (Å²) in [5, 5.41) is 7.25. The Morgan fingerprint density at radius 2 is 1.85 bits per heavy atom. The molecule has 3 heterocycles. The fraction of sp³-hybridized carbons (Fsp3) is 0.250. The maximum Gasteiger partial charge on any atom is 0.255 e. The SMILES string of the molecule is CN1CCN(c2cc(C(=O)Nc3ccccc3-n3cccn3)ccn2)CC1. The first-order valence-electron chi connectivity index (χ1n) is 9.01. The number of amides is 1. The molecule has 0 radical (unpaired) electrons. The Bertz CT molecular complexity index is 916. The van der Waals surface area contributed by atoms with E-state index in [9.17, 15) is 4.79 Å². The highest BCUT2D eigenvalue weighted by Gasteiger charge is 2.17. The Labute approximate surface area is 158 Å². The van der Waals surface area contributed by atoms with Gasteiger partial charge in [0.05, 0.1) is 11.4 Å². The number of carbonyl (C=O) groups excluding carboxylic acids is 1. The summed E-state index contributed by atoms with van der Waals surface area (Å²) in [6.07, 6.45) is 5.26. The van der Waals surface area contributed by atoms with E-state index in [1.807, 2.05) is 42.6 Å². The first-order valence-corrected chi connectivity index (χ1v) is 9.01. The van der Waals surface area contributed by atoms with Crippen LogP contribution in [0.25, 0.3) is 5.69 Å². The highest BCUT2D eigenvalue weighted by Crippen LogP contribution is 2.21. The Morgan fingerprint density at radius 1 is 1.04 bits per heavy atom. The van der Waals surface area contributed by atoms with Gasteiger partial charge in [0.25, 0.3) is 5.91 Å². The molecule has 0 atom stereocenters. The molecule has 0 spiro atoms. The van der Waals surface area contributed by atoms with Crippen LogP contribution in [0.2, 0.25) is 0 Å². The number of pyridine rings is 1. The molecule has 0 unspecified atom stereocenters. The molecule has 1 aliphatic heterocycles. The molecule has 3 aromatic rings. The average molecular weight is 362 g/mol. The van der Waals surface area contributed by atoms with Crippen LogP contribution in [0, 0.1) is 0 Å². The predicted octanol–water partition coefficient (Wildman–Crippen LogP) is 2.27. The molecule has 4 rings (SSSR count). The third kappa shape index (κ3) is 3.83. The van der Waals surface area contributed by atoms with Gasteiger partial charge in [0, 0.05) is 50.3 Å². The lowest BCUT2D eigenvalue weighted by Gasteiger charge is -2.33. The Balaban J connectivity index is 1.54. The summed E-state index contributed by atoms with van der Waals surface area (Å²) in [4.78, 5) is 21.8. The fourth-order valence-corrected chi connectivity index (χ4v) is 3.15. The monoisotopic (exact) mass is 362 g/mol. The van der Waals surface area contributed by atoms with Crippen LogP contribution in [-0.2, 0) is 0 Å². The first kappa shape index (κ1) is 17.2. The topological polar surface area (TPSA) is 66.3 Å². The molecule has 0 bridgehead atoms. The zero-order valence-corrected chi connectivity index (χ0v) is 15.2. The zero-order chi connectivity index (χ0) is 18.6.